The number of halogens is 1. The first-order chi connectivity index (χ1) is 10.7. The lowest BCUT2D eigenvalue weighted by atomic mass is 9.79. The molecule has 7 heteroatoms. The monoisotopic (exact) mass is 321 g/mol. The maximum atomic E-state index is 14.0. The van der Waals surface area contributed by atoms with Gasteiger partial charge in [-0.05, 0) is 52.3 Å². The first-order valence-corrected chi connectivity index (χ1v) is 8.14. The van der Waals surface area contributed by atoms with Crippen LogP contribution in [0, 0.1) is 5.95 Å². The van der Waals surface area contributed by atoms with Crippen molar-refractivity contribution in [3.05, 3.63) is 18.1 Å². The van der Waals surface area contributed by atoms with E-state index in [2.05, 4.69) is 21.8 Å². The Morgan fingerprint density at radius 2 is 1.61 bits per heavy atom. The number of aromatic nitrogens is 1. The molecule has 2 aliphatic rings. The zero-order valence-corrected chi connectivity index (χ0v) is 14.6. The largest absolute Gasteiger partial charge is 0.495 e. The number of hydrogen-bond donors (Lipinski definition) is 0. The predicted octanol–water partition coefficient (Wildman–Crippen LogP) is 1.27. The van der Waals surface area contributed by atoms with E-state index < -0.39 is 24.3 Å². The fourth-order valence-electron chi connectivity index (χ4n) is 2.82. The minimum Gasteiger partial charge on any atom is -0.399 e. The van der Waals surface area contributed by atoms with E-state index in [1.165, 1.54) is 6.07 Å². The van der Waals surface area contributed by atoms with Crippen LogP contribution in [0.2, 0.25) is 0 Å². The second-order valence-corrected chi connectivity index (χ2v) is 7.46. The Morgan fingerprint density at radius 3 is 2.17 bits per heavy atom. The van der Waals surface area contributed by atoms with Crippen molar-refractivity contribution in [2.45, 2.75) is 38.9 Å². The summed E-state index contributed by atoms with van der Waals surface area (Å²) in [7, 11) is 1.52. The molecule has 0 N–H and O–H groups in total. The average molecular weight is 321 g/mol. The van der Waals surface area contributed by atoms with E-state index in [1.807, 2.05) is 33.8 Å². The molecular weight excluding hydrogens is 296 g/mol. The van der Waals surface area contributed by atoms with Crippen LogP contribution in [0.5, 0.6) is 0 Å². The van der Waals surface area contributed by atoms with Crippen molar-refractivity contribution in [2.75, 3.05) is 38.1 Å². The van der Waals surface area contributed by atoms with Gasteiger partial charge in [0, 0.05) is 26.2 Å². The smallest absolute Gasteiger partial charge is 0.399 e. The molecular formula is C16H25BFN3O2. The van der Waals surface area contributed by atoms with Crippen molar-refractivity contribution in [3.63, 3.8) is 0 Å². The number of anilines is 1. The SMILES string of the molecule is CN1CCN(c2cc(B3OC(C)(C)C(C)(C)O3)cc(F)n2)CC1. The maximum Gasteiger partial charge on any atom is 0.495 e. The molecule has 1 aromatic rings. The molecule has 3 heterocycles. The number of rotatable bonds is 2. The fraction of sp³-hybridized carbons (Fsp3) is 0.688. The van der Waals surface area contributed by atoms with E-state index in [0.29, 0.717) is 11.3 Å². The van der Waals surface area contributed by atoms with Crippen molar-refractivity contribution in [1.82, 2.24) is 9.88 Å². The number of hydrogen-bond acceptors (Lipinski definition) is 5. The summed E-state index contributed by atoms with van der Waals surface area (Å²) in [6.45, 7) is 11.6. The zero-order valence-electron chi connectivity index (χ0n) is 14.6. The van der Waals surface area contributed by atoms with Gasteiger partial charge in [0.2, 0.25) is 5.95 Å². The molecule has 0 amide bonds. The number of nitrogens with zero attached hydrogens (tertiary/aromatic N) is 3. The molecule has 0 bridgehead atoms. The molecule has 2 aliphatic heterocycles. The molecule has 0 aliphatic carbocycles. The second-order valence-electron chi connectivity index (χ2n) is 7.46. The molecule has 0 atom stereocenters. The molecule has 2 saturated heterocycles. The van der Waals surface area contributed by atoms with Crippen LogP contribution in [-0.4, -0.2) is 61.4 Å². The van der Waals surface area contributed by atoms with Gasteiger partial charge < -0.3 is 19.1 Å². The molecule has 3 rings (SSSR count). The van der Waals surface area contributed by atoms with Crippen LogP contribution in [0.15, 0.2) is 12.1 Å². The lowest BCUT2D eigenvalue weighted by molar-refractivity contribution is 0.00578. The Bertz CT molecular complexity index is 573. The molecule has 2 fully saturated rings. The zero-order chi connectivity index (χ0) is 16.8. The van der Waals surface area contributed by atoms with Crippen LogP contribution in [-0.2, 0) is 9.31 Å². The molecule has 1 aromatic heterocycles. The quantitative estimate of drug-likeness (QED) is 0.606. The Kier molecular flexibility index (Phi) is 4.15. The van der Waals surface area contributed by atoms with Crippen molar-refractivity contribution in [3.8, 4) is 0 Å². The van der Waals surface area contributed by atoms with Crippen LogP contribution < -0.4 is 10.4 Å². The normalized spacial score (nSPS) is 24.3. The highest BCUT2D eigenvalue weighted by molar-refractivity contribution is 6.62. The van der Waals surface area contributed by atoms with Gasteiger partial charge in [-0.2, -0.15) is 4.39 Å². The summed E-state index contributed by atoms with van der Waals surface area (Å²) in [4.78, 5) is 8.42. The van der Waals surface area contributed by atoms with Gasteiger partial charge in [-0.3, -0.25) is 0 Å². The van der Waals surface area contributed by atoms with Crippen LogP contribution in [0.3, 0.4) is 0 Å². The first kappa shape index (κ1) is 16.7. The van der Waals surface area contributed by atoms with E-state index in [4.69, 9.17) is 9.31 Å². The summed E-state index contributed by atoms with van der Waals surface area (Å²) in [5.74, 6) is 0.161. The van der Waals surface area contributed by atoms with Crippen LogP contribution in [0.25, 0.3) is 0 Å². The molecule has 0 radical (unpaired) electrons. The highest BCUT2D eigenvalue weighted by Gasteiger charge is 2.52. The van der Waals surface area contributed by atoms with Crippen LogP contribution in [0.4, 0.5) is 10.2 Å². The van der Waals surface area contributed by atoms with E-state index >= 15 is 0 Å². The fourth-order valence-corrected chi connectivity index (χ4v) is 2.82. The molecule has 0 aromatic carbocycles. The van der Waals surface area contributed by atoms with Crippen molar-refractivity contribution < 1.29 is 13.7 Å². The summed E-state index contributed by atoms with van der Waals surface area (Å²) in [5.41, 5.74) is -0.193. The number of piperazine rings is 1. The Balaban J connectivity index is 1.84. The predicted molar refractivity (Wildman–Crippen MR) is 89.6 cm³/mol. The van der Waals surface area contributed by atoms with Crippen LogP contribution in [0.1, 0.15) is 27.7 Å². The minimum absolute atomic E-state index is 0.439. The number of pyridine rings is 1. The highest BCUT2D eigenvalue weighted by Crippen LogP contribution is 2.36. The van der Waals surface area contributed by atoms with Gasteiger partial charge in [-0.15, -0.1) is 0 Å². The van der Waals surface area contributed by atoms with E-state index in [0.717, 1.165) is 26.2 Å². The lowest BCUT2D eigenvalue weighted by Gasteiger charge is -2.33. The van der Waals surface area contributed by atoms with Gasteiger partial charge in [-0.1, -0.05) is 0 Å². The average Bonchev–Trinajstić information content (AvgIpc) is 2.67. The van der Waals surface area contributed by atoms with E-state index in [9.17, 15) is 4.39 Å². The summed E-state index contributed by atoms with van der Waals surface area (Å²) in [6.07, 6.45) is 0. The Morgan fingerprint density at radius 1 is 1.04 bits per heavy atom. The Labute approximate surface area is 137 Å². The molecule has 5 nitrogen and oxygen atoms in total. The summed E-state index contributed by atoms with van der Waals surface area (Å²) in [6, 6.07) is 3.29. The second kappa shape index (κ2) is 5.72. The van der Waals surface area contributed by atoms with Crippen molar-refractivity contribution >= 4 is 18.4 Å². The van der Waals surface area contributed by atoms with Gasteiger partial charge in [0.1, 0.15) is 5.82 Å². The molecule has 126 valence electrons. The standard InChI is InChI=1S/C16H25BFN3O2/c1-15(2)16(3,4)23-17(22-15)12-10-13(18)19-14(11-12)21-8-6-20(5)7-9-21/h10-11H,6-9H2,1-5H3. The third-order valence-electron chi connectivity index (χ3n) is 5.16. The molecule has 0 saturated carbocycles. The maximum absolute atomic E-state index is 14.0. The van der Waals surface area contributed by atoms with E-state index in [-0.39, 0.29) is 0 Å². The van der Waals surface area contributed by atoms with Crippen molar-refractivity contribution in [2.24, 2.45) is 0 Å². The highest BCUT2D eigenvalue weighted by atomic mass is 19.1. The van der Waals surface area contributed by atoms with Gasteiger partial charge in [-0.25, -0.2) is 4.98 Å². The van der Waals surface area contributed by atoms with E-state index in [1.54, 1.807) is 0 Å². The van der Waals surface area contributed by atoms with Gasteiger partial charge in [0.25, 0.3) is 0 Å². The summed E-state index contributed by atoms with van der Waals surface area (Å²) in [5, 5.41) is 0. The van der Waals surface area contributed by atoms with Crippen molar-refractivity contribution in [1.29, 1.82) is 0 Å². The third kappa shape index (κ3) is 3.23. The summed E-state index contributed by atoms with van der Waals surface area (Å²) < 4.78 is 26.1. The third-order valence-corrected chi connectivity index (χ3v) is 5.16. The topological polar surface area (TPSA) is 37.8 Å². The molecule has 23 heavy (non-hydrogen) atoms. The number of likely N-dealkylation sites (N-methyl/N-ethyl adjacent to an activating group) is 1. The Hall–Kier alpha value is -1.18. The minimum atomic E-state index is -0.566. The van der Waals surface area contributed by atoms with Gasteiger partial charge >= 0.3 is 7.12 Å². The van der Waals surface area contributed by atoms with Crippen LogP contribution >= 0.6 is 0 Å². The summed E-state index contributed by atoms with van der Waals surface area (Å²) >= 11 is 0. The molecule has 0 unspecified atom stereocenters. The van der Waals surface area contributed by atoms with Gasteiger partial charge in [0.05, 0.1) is 11.2 Å². The first-order valence-electron chi connectivity index (χ1n) is 8.14. The van der Waals surface area contributed by atoms with Gasteiger partial charge in [0.15, 0.2) is 0 Å². The lowest BCUT2D eigenvalue weighted by Crippen LogP contribution is -2.45. The molecule has 0 spiro atoms.